The number of aliphatic hydroxyl groups is 1. The predicted octanol–water partition coefficient (Wildman–Crippen LogP) is 2.10. The lowest BCUT2D eigenvalue weighted by atomic mass is 10.1. The maximum absolute atomic E-state index is 12.7. The summed E-state index contributed by atoms with van der Waals surface area (Å²) in [6.07, 6.45) is 0. The molecule has 3 rings (SSSR count). The molecule has 0 amide bonds. The maximum atomic E-state index is 12.7. The summed E-state index contributed by atoms with van der Waals surface area (Å²) < 4.78 is 26.7. The standard InChI is InChI=1S/C16H17NO3S/c1-12-7-9-14(10-8-12)21(19,20)17-15(11-18)16(17)13-5-3-2-4-6-13/h2-10,15-16,18H,11H2,1H3/t15-,16-,17?/m1/s1. The molecule has 1 aliphatic rings. The first kappa shape index (κ1) is 14.3. The van der Waals surface area contributed by atoms with Crippen molar-refractivity contribution in [2.45, 2.75) is 23.9 Å². The molecule has 1 fully saturated rings. The number of benzene rings is 2. The third kappa shape index (κ3) is 2.48. The van der Waals surface area contributed by atoms with Crippen molar-refractivity contribution in [3.05, 3.63) is 65.7 Å². The van der Waals surface area contributed by atoms with E-state index in [1.165, 1.54) is 4.31 Å². The fourth-order valence-electron chi connectivity index (χ4n) is 2.62. The van der Waals surface area contributed by atoms with Crippen LogP contribution in [-0.4, -0.2) is 30.5 Å². The lowest BCUT2D eigenvalue weighted by molar-refractivity contribution is 0.286. The molecule has 1 saturated heterocycles. The molecule has 2 aromatic rings. The van der Waals surface area contributed by atoms with Crippen molar-refractivity contribution in [3.8, 4) is 0 Å². The third-order valence-corrected chi connectivity index (χ3v) is 5.72. The SMILES string of the molecule is Cc1ccc(S(=O)(=O)N2[C@H](CO)[C@H]2c2ccccc2)cc1. The van der Waals surface area contributed by atoms with Crippen molar-refractivity contribution in [2.75, 3.05) is 6.61 Å². The highest BCUT2D eigenvalue weighted by atomic mass is 32.2. The minimum Gasteiger partial charge on any atom is -0.395 e. The first-order chi connectivity index (χ1) is 10.1. The predicted molar refractivity (Wildman–Crippen MR) is 80.3 cm³/mol. The van der Waals surface area contributed by atoms with Crippen molar-refractivity contribution < 1.29 is 13.5 Å². The Balaban J connectivity index is 1.94. The highest BCUT2D eigenvalue weighted by Crippen LogP contribution is 2.47. The highest BCUT2D eigenvalue weighted by Gasteiger charge is 2.55. The van der Waals surface area contributed by atoms with E-state index in [1.807, 2.05) is 37.3 Å². The average Bonchev–Trinajstić information content (AvgIpc) is 3.24. The van der Waals surface area contributed by atoms with Gasteiger partial charge in [-0.25, -0.2) is 8.42 Å². The molecule has 4 nitrogen and oxygen atoms in total. The Morgan fingerprint density at radius 1 is 1.05 bits per heavy atom. The second kappa shape index (κ2) is 5.26. The zero-order valence-electron chi connectivity index (χ0n) is 11.7. The molecule has 0 radical (unpaired) electrons. The van der Waals surface area contributed by atoms with E-state index in [0.717, 1.165) is 11.1 Å². The monoisotopic (exact) mass is 303 g/mol. The van der Waals surface area contributed by atoms with Gasteiger partial charge in [0.1, 0.15) is 0 Å². The first-order valence-corrected chi connectivity index (χ1v) is 8.26. The van der Waals surface area contributed by atoms with Gasteiger partial charge < -0.3 is 5.11 Å². The number of hydrogen-bond donors (Lipinski definition) is 1. The minimum absolute atomic E-state index is 0.176. The topological polar surface area (TPSA) is 57.4 Å². The van der Waals surface area contributed by atoms with Crippen LogP contribution >= 0.6 is 0 Å². The van der Waals surface area contributed by atoms with Crippen molar-refractivity contribution in [3.63, 3.8) is 0 Å². The van der Waals surface area contributed by atoms with Crippen LogP contribution in [0.3, 0.4) is 0 Å². The van der Waals surface area contributed by atoms with Gasteiger partial charge in [-0.1, -0.05) is 48.0 Å². The second-order valence-electron chi connectivity index (χ2n) is 5.25. The smallest absolute Gasteiger partial charge is 0.244 e. The summed E-state index contributed by atoms with van der Waals surface area (Å²) in [7, 11) is -3.57. The van der Waals surface area contributed by atoms with Gasteiger partial charge in [-0.15, -0.1) is 0 Å². The second-order valence-corrected chi connectivity index (χ2v) is 7.10. The Morgan fingerprint density at radius 3 is 2.24 bits per heavy atom. The van der Waals surface area contributed by atoms with E-state index in [1.54, 1.807) is 24.3 Å². The minimum atomic E-state index is -3.57. The molecule has 21 heavy (non-hydrogen) atoms. The zero-order valence-corrected chi connectivity index (χ0v) is 12.5. The highest BCUT2D eigenvalue weighted by molar-refractivity contribution is 7.89. The fourth-order valence-corrected chi connectivity index (χ4v) is 4.39. The van der Waals surface area contributed by atoms with Crippen LogP contribution in [0.4, 0.5) is 0 Å². The number of nitrogens with zero attached hydrogens (tertiary/aromatic N) is 1. The fraction of sp³-hybridized carbons (Fsp3) is 0.250. The van der Waals surface area contributed by atoms with Crippen LogP contribution in [0.2, 0.25) is 0 Å². The van der Waals surface area contributed by atoms with E-state index in [4.69, 9.17) is 0 Å². The molecule has 0 aliphatic carbocycles. The van der Waals surface area contributed by atoms with Gasteiger partial charge in [0.05, 0.1) is 23.6 Å². The Bertz CT molecular complexity index is 726. The largest absolute Gasteiger partial charge is 0.395 e. The molecular weight excluding hydrogens is 286 g/mol. The van der Waals surface area contributed by atoms with Crippen LogP contribution in [0.1, 0.15) is 17.2 Å². The van der Waals surface area contributed by atoms with Gasteiger partial charge in [0.2, 0.25) is 10.0 Å². The summed E-state index contributed by atoms with van der Waals surface area (Å²) in [4.78, 5) is 0.269. The van der Waals surface area contributed by atoms with Crippen LogP contribution in [0.15, 0.2) is 59.5 Å². The molecule has 5 heteroatoms. The lowest BCUT2D eigenvalue weighted by Crippen LogP contribution is -2.16. The quantitative estimate of drug-likeness (QED) is 0.880. The third-order valence-electron chi connectivity index (χ3n) is 3.80. The number of aryl methyl sites for hydroxylation is 1. The van der Waals surface area contributed by atoms with Crippen LogP contribution in [0.5, 0.6) is 0 Å². The van der Waals surface area contributed by atoms with Crippen molar-refractivity contribution in [1.29, 1.82) is 0 Å². The number of aliphatic hydroxyl groups excluding tert-OH is 1. The Hall–Kier alpha value is -1.69. The summed E-state index contributed by atoms with van der Waals surface area (Å²) in [5.41, 5.74) is 1.92. The van der Waals surface area contributed by atoms with Crippen molar-refractivity contribution in [2.24, 2.45) is 0 Å². The van der Waals surface area contributed by atoms with Gasteiger partial charge in [0.15, 0.2) is 0 Å². The first-order valence-electron chi connectivity index (χ1n) is 6.81. The summed E-state index contributed by atoms with van der Waals surface area (Å²) in [6, 6.07) is 15.5. The Labute approximate surface area is 124 Å². The van der Waals surface area contributed by atoms with Crippen LogP contribution in [-0.2, 0) is 10.0 Å². The molecule has 0 spiro atoms. The molecule has 1 unspecified atom stereocenters. The number of hydrogen-bond acceptors (Lipinski definition) is 3. The number of rotatable bonds is 4. The van der Waals surface area contributed by atoms with E-state index >= 15 is 0 Å². The van der Waals surface area contributed by atoms with Crippen molar-refractivity contribution in [1.82, 2.24) is 4.31 Å². The van der Waals surface area contributed by atoms with Gasteiger partial charge in [-0.05, 0) is 24.6 Å². The van der Waals surface area contributed by atoms with E-state index in [-0.39, 0.29) is 23.6 Å². The molecule has 0 aromatic heterocycles. The van der Waals surface area contributed by atoms with Crippen LogP contribution in [0, 0.1) is 6.92 Å². The summed E-state index contributed by atoms with van der Waals surface area (Å²) in [5.74, 6) is 0. The van der Waals surface area contributed by atoms with E-state index in [0.29, 0.717) is 0 Å². The average molecular weight is 303 g/mol. The van der Waals surface area contributed by atoms with E-state index in [9.17, 15) is 13.5 Å². The molecule has 3 atom stereocenters. The molecule has 1 heterocycles. The molecule has 0 saturated carbocycles. The van der Waals surface area contributed by atoms with Crippen LogP contribution in [0.25, 0.3) is 0 Å². The molecule has 1 N–H and O–H groups in total. The molecule has 2 aromatic carbocycles. The summed E-state index contributed by atoms with van der Waals surface area (Å²) >= 11 is 0. The van der Waals surface area contributed by atoms with E-state index < -0.39 is 10.0 Å². The van der Waals surface area contributed by atoms with Crippen molar-refractivity contribution >= 4 is 10.0 Å². The maximum Gasteiger partial charge on any atom is 0.244 e. The normalized spacial score (nSPS) is 24.8. The lowest BCUT2D eigenvalue weighted by Gasteiger charge is -2.07. The summed E-state index contributed by atoms with van der Waals surface area (Å²) in [5, 5.41) is 9.46. The van der Waals surface area contributed by atoms with Gasteiger partial charge in [-0.3, -0.25) is 0 Å². The Morgan fingerprint density at radius 2 is 1.67 bits per heavy atom. The number of sulfonamides is 1. The zero-order chi connectivity index (χ0) is 15.0. The molecule has 110 valence electrons. The van der Waals surface area contributed by atoms with Gasteiger partial charge in [0.25, 0.3) is 0 Å². The molecule has 1 aliphatic heterocycles. The Kier molecular flexibility index (Phi) is 3.57. The molecule has 0 bridgehead atoms. The van der Waals surface area contributed by atoms with Gasteiger partial charge in [-0.2, -0.15) is 4.31 Å². The van der Waals surface area contributed by atoms with Crippen LogP contribution < -0.4 is 0 Å². The molecular formula is C16H17NO3S. The van der Waals surface area contributed by atoms with Gasteiger partial charge in [0, 0.05) is 0 Å². The van der Waals surface area contributed by atoms with E-state index in [2.05, 4.69) is 0 Å². The van der Waals surface area contributed by atoms with Gasteiger partial charge >= 0.3 is 0 Å². The summed E-state index contributed by atoms with van der Waals surface area (Å²) in [6.45, 7) is 1.74.